The minimum absolute atomic E-state index is 0.00811. The number of carbonyl (C=O) groups excluding carboxylic acids is 1. The predicted octanol–water partition coefficient (Wildman–Crippen LogP) is 2.37. The van der Waals surface area contributed by atoms with Crippen LogP contribution in [0.15, 0.2) is 28.7 Å². The number of benzene rings is 1. The molecule has 3 rings (SSSR count). The van der Waals surface area contributed by atoms with Gasteiger partial charge in [-0.2, -0.15) is 0 Å². The third kappa shape index (κ3) is 2.29. The first-order chi connectivity index (χ1) is 8.83. The fourth-order valence-electron chi connectivity index (χ4n) is 2.28. The molecular formula is C14H15NO3. The standard InChI is InChI=1S/C14H15NO3/c16-12(10-4-3-7-17-9-10)8-14-15-11-5-1-2-6-13(11)18-14/h1-2,5-6,10H,3-4,7-9H2. The van der Waals surface area contributed by atoms with Crippen molar-refractivity contribution in [3.63, 3.8) is 0 Å². The van der Waals surface area contributed by atoms with Crippen LogP contribution in [0.1, 0.15) is 18.7 Å². The molecule has 0 bridgehead atoms. The van der Waals surface area contributed by atoms with Gasteiger partial charge < -0.3 is 9.15 Å². The summed E-state index contributed by atoms with van der Waals surface area (Å²) in [5.41, 5.74) is 1.54. The first-order valence-electron chi connectivity index (χ1n) is 6.28. The predicted molar refractivity (Wildman–Crippen MR) is 66.3 cm³/mol. The van der Waals surface area contributed by atoms with Gasteiger partial charge in [0.1, 0.15) is 11.3 Å². The molecule has 18 heavy (non-hydrogen) atoms. The smallest absolute Gasteiger partial charge is 0.202 e. The number of oxazole rings is 1. The van der Waals surface area contributed by atoms with Crippen LogP contribution in [0, 0.1) is 5.92 Å². The van der Waals surface area contributed by atoms with Crippen molar-refractivity contribution < 1.29 is 13.9 Å². The van der Waals surface area contributed by atoms with Crippen LogP contribution in [0.3, 0.4) is 0 Å². The molecule has 4 heteroatoms. The highest BCUT2D eigenvalue weighted by Crippen LogP contribution is 2.19. The zero-order chi connectivity index (χ0) is 12.4. The average Bonchev–Trinajstić information content (AvgIpc) is 2.82. The second kappa shape index (κ2) is 4.90. The third-order valence-electron chi connectivity index (χ3n) is 3.28. The van der Waals surface area contributed by atoms with E-state index in [0.717, 1.165) is 30.5 Å². The van der Waals surface area contributed by atoms with Gasteiger partial charge in [0, 0.05) is 12.5 Å². The second-order valence-electron chi connectivity index (χ2n) is 4.63. The van der Waals surface area contributed by atoms with Crippen LogP contribution in [0.25, 0.3) is 11.1 Å². The van der Waals surface area contributed by atoms with E-state index in [1.165, 1.54) is 0 Å². The number of ether oxygens (including phenoxy) is 1. The minimum atomic E-state index is 0.00811. The zero-order valence-electron chi connectivity index (χ0n) is 10.1. The van der Waals surface area contributed by atoms with Gasteiger partial charge in [-0.25, -0.2) is 4.98 Å². The van der Waals surface area contributed by atoms with Crippen molar-refractivity contribution in [2.45, 2.75) is 19.3 Å². The number of Topliss-reactive ketones (excluding diaryl/α,β-unsaturated/α-hetero) is 1. The van der Waals surface area contributed by atoms with Gasteiger partial charge in [-0.05, 0) is 25.0 Å². The summed E-state index contributed by atoms with van der Waals surface area (Å²) >= 11 is 0. The molecule has 0 spiro atoms. The highest BCUT2D eigenvalue weighted by Gasteiger charge is 2.23. The second-order valence-corrected chi connectivity index (χ2v) is 4.63. The lowest BCUT2D eigenvalue weighted by Gasteiger charge is -2.20. The van der Waals surface area contributed by atoms with E-state index < -0.39 is 0 Å². The highest BCUT2D eigenvalue weighted by molar-refractivity contribution is 5.83. The number of hydrogen-bond acceptors (Lipinski definition) is 4. The summed E-state index contributed by atoms with van der Waals surface area (Å²) in [5, 5.41) is 0. The molecule has 2 aromatic rings. The lowest BCUT2D eigenvalue weighted by molar-refractivity contribution is -0.126. The number of nitrogens with zero attached hydrogens (tertiary/aromatic N) is 1. The molecule has 0 N–H and O–H groups in total. The molecule has 2 heterocycles. The number of aromatic nitrogens is 1. The molecule has 1 aliphatic rings. The topological polar surface area (TPSA) is 52.3 Å². The van der Waals surface area contributed by atoms with E-state index in [2.05, 4.69) is 4.98 Å². The van der Waals surface area contributed by atoms with Crippen molar-refractivity contribution in [1.82, 2.24) is 4.98 Å². The molecule has 1 atom stereocenters. The van der Waals surface area contributed by atoms with Crippen LogP contribution < -0.4 is 0 Å². The van der Waals surface area contributed by atoms with E-state index in [0.29, 0.717) is 12.5 Å². The summed E-state index contributed by atoms with van der Waals surface area (Å²) in [5.74, 6) is 0.682. The van der Waals surface area contributed by atoms with Gasteiger partial charge >= 0.3 is 0 Å². The molecule has 1 saturated heterocycles. The Hall–Kier alpha value is -1.68. The van der Waals surface area contributed by atoms with Crippen molar-refractivity contribution in [3.8, 4) is 0 Å². The number of para-hydroxylation sites is 2. The van der Waals surface area contributed by atoms with Crippen LogP contribution in [0.4, 0.5) is 0 Å². The third-order valence-corrected chi connectivity index (χ3v) is 3.28. The van der Waals surface area contributed by atoms with Crippen LogP contribution in [-0.2, 0) is 16.0 Å². The maximum atomic E-state index is 12.1. The lowest BCUT2D eigenvalue weighted by atomic mass is 9.95. The van der Waals surface area contributed by atoms with E-state index >= 15 is 0 Å². The van der Waals surface area contributed by atoms with Crippen molar-refractivity contribution in [2.24, 2.45) is 5.92 Å². The van der Waals surface area contributed by atoms with E-state index in [1.807, 2.05) is 24.3 Å². The molecule has 1 aromatic heterocycles. The number of fused-ring (bicyclic) bond motifs is 1. The number of ketones is 1. The summed E-state index contributed by atoms with van der Waals surface area (Å²) in [6.45, 7) is 1.31. The number of rotatable bonds is 3. The summed E-state index contributed by atoms with van der Waals surface area (Å²) in [6.07, 6.45) is 2.14. The Labute approximate surface area is 105 Å². The molecule has 0 aliphatic carbocycles. The average molecular weight is 245 g/mol. The maximum absolute atomic E-state index is 12.1. The van der Waals surface area contributed by atoms with Gasteiger partial charge in [-0.15, -0.1) is 0 Å². The first-order valence-corrected chi connectivity index (χ1v) is 6.28. The van der Waals surface area contributed by atoms with Gasteiger partial charge in [0.25, 0.3) is 0 Å². The first kappa shape index (κ1) is 11.4. The molecule has 94 valence electrons. The molecule has 1 unspecified atom stereocenters. The number of hydrogen-bond donors (Lipinski definition) is 0. The quantitative estimate of drug-likeness (QED) is 0.833. The van der Waals surface area contributed by atoms with Crippen LogP contribution in [-0.4, -0.2) is 24.0 Å². The van der Waals surface area contributed by atoms with Crippen molar-refractivity contribution in [2.75, 3.05) is 13.2 Å². The summed E-state index contributed by atoms with van der Waals surface area (Å²) < 4.78 is 10.9. The van der Waals surface area contributed by atoms with Gasteiger partial charge in [0.15, 0.2) is 5.58 Å². The van der Waals surface area contributed by atoms with Gasteiger partial charge in [-0.1, -0.05) is 12.1 Å². The SMILES string of the molecule is O=C(Cc1nc2ccccc2o1)C1CCCOC1. The molecule has 4 nitrogen and oxygen atoms in total. The highest BCUT2D eigenvalue weighted by atomic mass is 16.5. The largest absolute Gasteiger partial charge is 0.440 e. The van der Waals surface area contributed by atoms with Gasteiger partial charge in [-0.3, -0.25) is 4.79 Å². The Morgan fingerprint density at radius 1 is 1.39 bits per heavy atom. The van der Waals surface area contributed by atoms with Crippen molar-refractivity contribution >= 4 is 16.9 Å². The van der Waals surface area contributed by atoms with E-state index in [4.69, 9.17) is 9.15 Å². The Morgan fingerprint density at radius 3 is 3.06 bits per heavy atom. The van der Waals surface area contributed by atoms with Gasteiger partial charge in [0.2, 0.25) is 5.89 Å². The lowest BCUT2D eigenvalue weighted by Crippen LogP contribution is -2.26. The Balaban J connectivity index is 1.73. The summed E-state index contributed by atoms with van der Waals surface area (Å²) in [6, 6.07) is 7.55. The summed E-state index contributed by atoms with van der Waals surface area (Å²) in [4.78, 5) is 16.4. The molecular weight excluding hydrogens is 230 g/mol. The molecule has 1 fully saturated rings. The van der Waals surface area contributed by atoms with Crippen LogP contribution in [0.5, 0.6) is 0 Å². The normalized spacial score (nSPS) is 20.1. The fourth-order valence-corrected chi connectivity index (χ4v) is 2.28. The Kier molecular flexibility index (Phi) is 3.11. The number of carbonyl (C=O) groups is 1. The zero-order valence-corrected chi connectivity index (χ0v) is 10.1. The van der Waals surface area contributed by atoms with Crippen molar-refractivity contribution in [3.05, 3.63) is 30.2 Å². The van der Waals surface area contributed by atoms with Crippen LogP contribution >= 0.6 is 0 Å². The molecule has 0 radical (unpaired) electrons. The Morgan fingerprint density at radius 2 is 2.28 bits per heavy atom. The van der Waals surface area contributed by atoms with E-state index in [-0.39, 0.29) is 18.1 Å². The van der Waals surface area contributed by atoms with Crippen molar-refractivity contribution in [1.29, 1.82) is 0 Å². The fraction of sp³-hybridized carbons (Fsp3) is 0.429. The molecule has 0 saturated carbocycles. The maximum Gasteiger partial charge on any atom is 0.202 e. The molecule has 1 aliphatic heterocycles. The minimum Gasteiger partial charge on any atom is -0.440 e. The van der Waals surface area contributed by atoms with E-state index in [9.17, 15) is 4.79 Å². The monoisotopic (exact) mass is 245 g/mol. The summed E-state index contributed by atoms with van der Waals surface area (Å²) in [7, 11) is 0. The van der Waals surface area contributed by atoms with E-state index in [1.54, 1.807) is 0 Å². The molecule has 1 aromatic carbocycles. The molecule has 0 amide bonds. The Bertz CT molecular complexity index is 522. The van der Waals surface area contributed by atoms with Crippen LogP contribution in [0.2, 0.25) is 0 Å². The van der Waals surface area contributed by atoms with Gasteiger partial charge in [0.05, 0.1) is 13.0 Å².